The van der Waals surface area contributed by atoms with Gasteiger partial charge >= 0.3 is 18.2 Å². The number of carbonyl (C=O) groups excluding carboxylic acids is 3. The van der Waals surface area contributed by atoms with Crippen LogP contribution in [0.4, 0.5) is 9.59 Å². The summed E-state index contributed by atoms with van der Waals surface area (Å²) in [6.07, 6.45) is 0.945. The molecule has 2 fully saturated rings. The zero-order chi connectivity index (χ0) is 22.6. The molecule has 0 saturated carbocycles. The van der Waals surface area contributed by atoms with Crippen molar-refractivity contribution >= 4 is 18.2 Å². The van der Waals surface area contributed by atoms with Crippen LogP contribution in [0.3, 0.4) is 0 Å². The maximum absolute atomic E-state index is 12.9. The fourth-order valence-electron chi connectivity index (χ4n) is 4.43. The van der Waals surface area contributed by atoms with Crippen molar-refractivity contribution in [2.24, 2.45) is 0 Å². The molecule has 2 atom stereocenters. The Morgan fingerprint density at radius 2 is 1.68 bits per heavy atom. The van der Waals surface area contributed by atoms with Crippen molar-refractivity contribution < 1.29 is 28.6 Å². The SMILES string of the molecule is CCOC(=O)C1(NC(=O)OC(C)(C)C)CC2CCC(C1)N2C(=O)OCc1ccccc1. The largest absolute Gasteiger partial charge is 0.464 e. The predicted octanol–water partition coefficient (Wildman–Crippen LogP) is 3.78. The molecule has 2 bridgehead atoms. The van der Waals surface area contributed by atoms with Crippen LogP contribution in [-0.2, 0) is 25.6 Å². The second-order valence-electron chi connectivity index (χ2n) is 9.17. The normalized spacial score (nSPS) is 25.0. The average molecular weight is 433 g/mol. The van der Waals surface area contributed by atoms with Gasteiger partial charge in [-0.1, -0.05) is 30.3 Å². The van der Waals surface area contributed by atoms with Gasteiger partial charge < -0.3 is 24.4 Å². The van der Waals surface area contributed by atoms with E-state index in [-0.39, 0.29) is 38.1 Å². The van der Waals surface area contributed by atoms with Crippen molar-refractivity contribution in [1.29, 1.82) is 0 Å². The van der Waals surface area contributed by atoms with Gasteiger partial charge in [0, 0.05) is 24.9 Å². The van der Waals surface area contributed by atoms with Crippen molar-refractivity contribution in [3.63, 3.8) is 0 Å². The first-order valence-corrected chi connectivity index (χ1v) is 10.8. The van der Waals surface area contributed by atoms with Gasteiger partial charge in [-0.05, 0) is 46.1 Å². The molecule has 8 heteroatoms. The molecule has 31 heavy (non-hydrogen) atoms. The van der Waals surface area contributed by atoms with Crippen LogP contribution in [0.5, 0.6) is 0 Å². The quantitative estimate of drug-likeness (QED) is 0.562. The van der Waals surface area contributed by atoms with Gasteiger partial charge in [0.15, 0.2) is 0 Å². The molecule has 0 aliphatic carbocycles. The number of nitrogens with one attached hydrogen (secondary N) is 1. The Morgan fingerprint density at radius 3 is 2.23 bits per heavy atom. The minimum Gasteiger partial charge on any atom is -0.464 e. The summed E-state index contributed by atoms with van der Waals surface area (Å²) in [7, 11) is 0. The number of alkyl carbamates (subject to hydrolysis) is 1. The number of hydrogen-bond donors (Lipinski definition) is 1. The van der Waals surface area contributed by atoms with Crippen LogP contribution >= 0.6 is 0 Å². The van der Waals surface area contributed by atoms with E-state index in [9.17, 15) is 14.4 Å². The summed E-state index contributed by atoms with van der Waals surface area (Å²) < 4.78 is 16.2. The minimum atomic E-state index is -1.22. The first kappa shape index (κ1) is 22.9. The molecule has 3 rings (SSSR count). The topological polar surface area (TPSA) is 94.2 Å². The molecule has 0 radical (unpaired) electrons. The van der Waals surface area contributed by atoms with E-state index in [4.69, 9.17) is 14.2 Å². The van der Waals surface area contributed by atoms with E-state index in [2.05, 4.69) is 5.32 Å². The number of esters is 1. The Kier molecular flexibility index (Phi) is 6.77. The van der Waals surface area contributed by atoms with Gasteiger partial charge in [0.1, 0.15) is 17.7 Å². The molecule has 2 heterocycles. The molecule has 2 aliphatic heterocycles. The first-order chi connectivity index (χ1) is 14.6. The lowest BCUT2D eigenvalue weighted by molar-refractivity contribution is -0.154. The monoisotopic (exact) mass is 432 g/mol. The summed E-state index contributed by atoms with van der Waals surface area (Å²) in [6, 6.07) is 9.04. The Morgan fingerprint density at radius 1 is 1.06 bits per heavy atom. The zero-order valence-electron chi connectivity index (χ0n) is 18.7. The predicted molar refractivity (Wildman–Crippen MR) is 113 cm³/mol. The van der Waals surface area contributed by atoms with E-state index in [1.54, 1.807) is 32.6 Å². The van der Waals surface area contributed by atoms with E-state index >= 15 is 0 Å². The molecule has 1 aromatic carbocycles. The third kappa shape index (κ3) is 5.48. The Bertz CT molecular complexity index is 790. The van der Waals surface area contributed by atoms with Gasteiger partial charge in [-0.2, -0.15) is 0 Å². The van der Waals surface area contributed by atoms with Gasteiger partial charge in [0.2, 0.25) is 0 Å². The van der Waals surface area contributed by atoms with Crippen molar-refractivity contribution in [2.45, 2.75) is 83.2 Å². The van der Waals surface area contributed by atoms with Crippen molar-refractivity contribution in [1.82, 2.24) is 10.2 Å². The standard InChI is InChI=1S/C23H32N2O6/c1-5-29-19(26)23(24-20(27)31-22(2,3)4)13-17-11-12-18(14-23)25(17)21(28)30-15-16-9-7-6-8-10-16/h6-10,17-18H,5,11-15H2,1-4H3,(H,24,27). The molecule has 8 nitrogen and oxygen atoms in total. The molecule has 1 N–H and O–H groups in total. The van der Waals surface area contributed by atoms with Crippen LogP contribution in [0.25, 0.3) is 0 Å². The second kappa shape index (κ2) is 9.16. The number of carbonyl (C=O) groups is 3. The number of hydrogen-bond acceptors (Lipinski definition) is 6. The maximum Gasteiger partial charge on any atom is 0.410 e. The van der Waals surface area contributed by atoms with E-state index in [0.717, 1.165) is 18.4 Å². The zero-order valence-corrected chi connectivity index (χ0v) is 18.7. The van der Waals surface area contributed by atoms with Crippen LogP contribution in [0.2, 0.25) is 0 Å². The fraction of sp³-hybridized carbons (Fsp3) is 0.609. The third-order valence-corrected chi connectivity index (χ3v) is 5.61. The maximum atomic E-state index is 12.9. The molecular weight excluding hydrogens is 400 g/mol. The summed E-state index contributed by atoms with van der Waals surface area (Å²) in [5, 5.41) is 2.78. The molecule has 2 aliphatic rings. The molecule has 1 aromatic rings. The lowest BCUT2D eigenvalue weighted by atomic mass is 9.83. The van der Waals surface area contributed by atoms with E-state index in [0.29, 0.717) is 0 Å². The lowest BCUT2D eigenvalue weighted by Crippen LogP contribution is -2.64. The molecule has 0 spiro atoms. The summed E-state index contributed by atoms with van der Waals surface area (Å²) >= 11 is 0. The van der Waals surface area contributed by atoms with E-state index < -0.39 is 29.3 Å². The highest BCUT2D eigenvalue weighted by atomic mass is 16.6. The van der Waals surface area contributed by atoms with Gasteiger partial charge in [0.25, 0.3) is 0 Å². The summed E-state index contributed by atoms with van der Waals surface area (Å²) in [5.41, 5.74) is -1.01. The number of benzene rings is 1. The lowest BCUT2D eigenvalue weighted by Gasteiger charge is -2.44. The molecule has 170 valence electrons. The molecule has 2 unspecified atom stereocenters. The average Bonchev–Trinajstić information content (AvgIpc) is 2.97. The van der Waals surface area contributed by atoms with Gasteiger partial charge in [-0.25, -0.2) is 14.4 Å². The van der Waals surface area contributed by atoms with Crippen molar-refractivity contribution in [3.8, 4) is 0 Å². The molecular formula is C23H32N2O6. The number of piperidine rings is 1. The van der Waals surface area contributed by atoms with Crippen LogP contribution in [0.15, 0.2) is 30.3 Å². The summed E-state index contributed by atoms with van der Waals surface area (Å²) in [4.78, 5) is 39.9. The highest BCUT2D eigenvalue weighted by molar-refractivity contribution is 5.87. The number of nitrogens with zero attached hydrogens (tertiary/aromatic N) is 1. The summed E-state index contributed by atoms with van der Waals surface area (Å²) in [5.74, 6) is -0.491. The number of rotatable bonds is 5. The highest BCUT2D eigenvalue weighted by Crippen LogP contribution is 2.42. The molecule has 0 aromatic heterocycles. The van der Waals surface area contributed by atoms with Gasteiger partial charge in [-0.3, -0.25) is 0 Å². The van der Waals surface area contributed by atoms with Crippen LogP contribution in [0, 0.1) is 0 Å². The van der Waals surface area contributed by atoms with Crippen LogP contribution in [-0.4, -0.2) is 52.9 Å². The van der Waals surface area contributed by atoms with E-state index in [1.807, 2.05) is 30.3 Å². The second-order valence-corrected chi connectivity index (χ2v) is 9.17. The van der Waals surface area contributed by atoms with Crippen LogP contribution < -0.4 is 5.32 Å². The van der Waals surface area contributed by atoms with Gasteiger partial charge in [0.05, 0.1) is 6.61 Å². The Labute approximate surface area is 183 Å². The van der Waals surface area contributed by atoms with E-state index in [1.165, 1.54) is 0 Å². The fourth-order valence-corrected chi connectivity index (χ4v) is 4.43. The number of ether oxygens (including phenoxy) is 3. The smallest absolute Gasteiger partial charge is 0.410 e. The van der Waals surface area contributed by atoms with Crippen LogP contribution in [0.1, 0.15) is 58.9 Å². The van der Waals surface area contributed by atoms with Gasteiger partial charge in [-0.15, -0.1) is 0 Å². The Balaban J connectivity index is 1.72. The minimum absolute atomic E-state index is 0.189. The highest BCUT2D eigenvalue weighted by Gasteiger charge is 2.56. The molecule has 2 amide bonds. The summed E-state index contributed by atoms with van der Waals surface area (Å²) in [6.45, 7) is 7.41. The number of amides is 2. The van der Waals surface area contributed by atoms with Crippen molar-refractivity contribution in [3.05, 3.63) is 35.9 Å². The molecule has 2 saturated heterocycles. The third-order valence-electron chi connectivity index (χ3n) is 5.61. The van der Waals surface area contributed by atoms with Crippen molar-refractivity contribution in [2.75, 3.05) is 6.61 Å². The first-order valence-electron chi connectivity index (χ1n) is 10.8. The Hall–Kier alpha value is -2.77. The number of fused-ring (bicyclic) bond motifs is 2.